The normalized spacial score (nSPS) is 18.5. The van der Waals surface area contributed by atoms with Gasteiger partial charge in [0.25, 0.3) is 0 Å². The number of ether oxygens (including phenoxy) is 2. The molecule has 2 aliphatic rings. The summed E-state index contributed by atoms with van der Waals surface area (Å²) in [6.07, 6.45) is 0. The molecular weight excluding hydrogens is 268 g/mol. The van der Waals surface area contributed by atoms with E-state index in [0.29, 0.717) is 13.2 Å². The van der Waals surface area contributed by atoms with Gasteiger partial charge < -0.3 is 19.7 Å². The van der Waals surface area contributed by atoms with Gasteiger partial charge in [-0.15, -0.1) is 0 Å². The van der Waals surface area contributed by atoms with Crippen molar-refractivity contribution in [3.8, 4) is 11.5 Å². The van der Waals surface area contributed by atoms with Gasteiger partial charge in [-0.05, 0) is 31.5 Å². The van der Waals surface area contributed by atoms with Crippen LogP contribution in [0.3, 0.4) is 0 Å². The molecule has 3 rings (SSSR count). The summed E-state index contributed by atoms with van der Waals surface area (Å²) in [7, 11) is 0. The molecule has 1 aromatic rings. The van der Waals surface area contributed by atoms with Crippen molar-refractivity contribution in [1.29, 1.82) is 0 Å². The van der Waals surface area contributed by atoms with Gasteiger partial charge in [0.1, 0.15) is 13.2 Å². The van der Waals surface area contributed by atoms with Gasteiger partial charge in [-0.25, -0.2) is 0 Å². The minimum absolute atomic E-state index is 0.167. The Labute approximate surface area is 125 Å². The average Bonchev–Trinajstić information content (AvgIpc) is 2.54. The van der Waals surface area contributed by atoms with E-state index in [0.717, 1.165) is 43.2 Å². The Bertz CT molecular complexity index is 536. The zero-order valence-electron chi connectivity index (χ0n) is 12.6. The molecule has 1 N–H and O–H groups in total. The molecule has 0 atom stereocenters. The van der Waals surface area contributed by atoms with Gasteiger partial charge in [0.2, 0.25) is 5.91 Å². The second kappa shape index (κ2) is 5.56. The van der Waals surface area contributed by atoms with Crippen LogP contribution in [0.15, 0.2) is 18.2 Å². The van der Waals surface area contributed by atoms with E-state index in [2.05, 4.69) is 5.32 Å². The predicted molar refractivity (Wildman–Crippen MR) is 79.9 cm³/mol. The fourth-order valence-corrected chi connectivity index (χ4v) is 2.82. The molecular formula is C16H22N2O3. The highest BCUT2D eigenvalue weighted by molar-refractivity contribution is 5.87. The van der Waals surface area contributed by atoms with E-state index in [1.807, 2.05) is 36.9 Å². The fraction of sp³-hybridized carbons (Fsp3) is 0.562. The molecule has 0 bridgehead atoms. The van der Waals surface area contributed by atoms with Crippen molar-refractivity contribution >= 4 is 5.91 Å². The molecule has 1 saturated heterocycles. The smallest absolute Gasteiger partial charge is 0.232 e. The third-order valence-corrected chi connectivity index (χ3v) is 4.20. The number of nitrogens with zero attached hydrogens (tertiary/aromatic N) is 1. The van der Waals surface area contributed by atoms with Gasteiger partial charge in [-0.1, -0.05) is 6.07 Å². The molecule has 1 aromatic carbocycles. The monoisotopic (exact) mass is 290 g/mol. The van der Waals surface area contributed by atoms with Crippen LogP contribution in [-0.4, -0.2) is 50.2 Å². The van der Waals surface area contributed by atoms with Crippen LogP contribution in [0, 0.1) is 0 Å². The van der Waals surface area contributed by atoms with Gasteiger partial charge in [0, 0.05) is 26.2 Å². The van der Waals surface area contributed by atoms with E-state index in [4.69, 9.17) is 9.47 Å². The lowest BCUT2D eigenvalue weighted by molar-refractivity contribution is -0.136. The molecule has 1 fully saturated rings. The van der Waals surface area contributed by atoms with Crippen molar-refractivity contribution in [2.24, 2.45) is 0 Å². The highest BCUT2D eigenvalue weighted by atomic mass is 16.6. The highest BCUT2D eigenvalue weighted by Crippen LogP contribution is 2.35. The molecule has 0 aliphatic carbocycles. The summed E-state index contributed by atoms with van der Waals surface area (Å²) in [6.45, 7) is 8.36. The van der Waals surface area contributed by atoms with Gasteiger partial charge >= 0.3 is 0 Å². The number of hydrogen-bond donors (Lipinski definition) is 1. The van der Waals surface area contributed by atoms with Crippen molar-refractivity contribution in [3.63, 3.8) is 0 Å². The van der Waals surface area contributed by atoms with Crippen molar-refractivity contribution < 1.29 is 14.3 Å². The molecule has 0 saturated carbocycles. The number of nitrogens with one attached hydrogen (secondary N) is 1. The molecule has 2 heterocycles. The maximum Gasteiger partial charge on any atom is 0.232 e. The second-order valence-electron chi connectivity index (χ2n) is 6.03. The van der Waals surface area contributed by atoms with Gasteiger partial charge in [-0.3, -0.25) is 4.79 Å². The Morgan fingerprint density at radius 2 is 1.81 bits per heavy atom. The Kier molecular flexibility index (Phi) is 3.76. The summed E-state index contributed by atoms with van der Waals surface area (Å²) in [4.78, 5) is 14.8. The average molecular weight is 290 g/mol. The second-order valence-corrected chi connectivity index (χ2v) is 6.03. The number of carbonyl (C=O) groups is 1. The standard InChI is InChI=1S/C16H22N2O3/c1-16(2,15(19)18-7-5-17-6-8-18)12-3-4-13-14(11-12)21-10-9-20-13/h3-4,11,17H,5-10H2,1-2H3. The number of rotatable bonds is 2. The lowest BCUT2D eigenvalue weighted by atomic mass is 9.82. The van der Waals surface area contributed by atoms with Gasteiger partial charge in [0.15, 0.2) is 11.5 Å². The van der Waals surface area contributed by atoms with Crippen LogP contribution in [0.1, 0.15) is 19.4 Å². The molecule has 5 heteroatoms. The molecule has 2 aliphatic heterocycles. The Hall–Kier alpha value is -1.75. The first-order valence-corrected chi connectivity index (χ1v) is 7.49. The summed E-state index contributed by atoms with van der Waals surface area (Å²) in [5.74, 6) is 1.66. The first-order chi connectivity index (χ1) is 10.1. The summed E-state index contributed by atoms with van der Waals surface area (Å²) < 4.78 is 11.2. The quantitative estimate of drug-likeness (QED) is 0.888. The van der Waals surface area contributed by atoms with E-state index < -0.39 is 5.41 Å². The Balaban J connectivity index is 1.84. The van der Waals surface area contributed by atoms with Gasteiger partial charge in [-0.2, -0.15) is 0 Å². The van der Waals surface area contributed by atoms with E-state index in [9.17, 15) is 4.79 Å². The van der Waals surface area contributed by atoms with Crippen LogP contribution >= 0.6 is 0 Å². The number of amides is 1. The van der Waals surface area contributed by atoms with Gasteiger partial charge in [0.05, 0.1) is 5.41 Å². The zero-order valence-corrected chi connectivity index (χ0v) is 12.6. The van der Waals surface area contributed by atoms with Crippen LogP contribution in [0.2, 0.25) is 0 Å². The van der Waals surface area contributed by atoms with Crippen LogP contribution in [0.5, 0.6) is 11.5 Å². The third kappa shape index (κ3) is 2.70. The summed E-state index contributed by atoms with van der Waals surface area (Å²) in [6, 6.07) is 5.80. The SMILES string of the molecule is CC(C)(C(=O)N1CCNCC1)c1ccc2c(c1)OCCO2. The molecule has 0 unspecified atom stereocenters. The first kappa shape index (κ1) is 14.2. The van der Waals surface area contributed by atoms with Crippen LogP contribution in [0.25, 0.3) is 0 Å². The number of carbonyl (C=O) groups excluding carboxylic acids is 1. The topological polar surface area (TPSA) is 50.8 Å². The van der Waals surface area contributed by atoms with E-state index >= 15 is 0 Å². The fourth-order valence-electron chi connectivity index (χ4n) is 2.82. The Morgan fingerprint density at radius 3 is 2.52 bits per heavy atom. The number of hydrogen-bond acceptors (Lipinski definition) is 4. The highest BCUT2D eigenvalue weighted by Gasteiger charge is 2.35. The largest absolute Gasteiger partial charge is 0.486 e. The minimum Gasteiger partial charge on any atom is -0.486 e. The molecule has 1 amide bonds. The number of piperazine rings is 1. The molecule has 5 nitrogen and oxygen atoms in total. The van der Waals surface area contributed by atoms with Crippen molar-refractivity contribution in [2.75, 3.05) is 39.4 Å². The number of benzene rings is 1. The first-order valence-electron chi connectivity index (χ1n) is 7.49. The molecule has 0 aromatic heterocycles. The van der Waals surface area contributed by atoms with Crippen LogP contribution in [0.4, 0.5) is 0 Å². The van der Waals surface area contributed by atoms with Crippen molar-refractivity contribution in [2.45, 2.75) is 19.3 Å². The van der Waals surface area contributed by atoms with Crippen molar-refractivity contribution in [1.82, 2.24) is 10.2 Å². The predicted octanol–water partition coefficient (Wildman–Crippen LogP) is 1.17. The maximum atomic E-state index is 12.8. The van der Waals surface area contributed by atoms with E-state index in [-0.39, 0.29) is 5.91 Å². The third-order valence-electron chi connectivity index (χ3n) is 4.20. The van der Waals surface area contributed by atoms with Crippen LogP contribution in [-0.2, 0) is 10.2 Å². The van der Waals surface area contributed by atoms with E-state index in [1.54, 1.807) is 0 Å². The Morgan fingerprint density at radius 1 is 1.14 bits per heavy atom. The summed E-state index contributed by atoms with van der Waals surface area (Å²) in [5, 5.41) is 3.27. The summed E-state index contributed by atoms with van der Waals surface area (Å²) >= 11 is 0. The van der Waals surface area contributed by atoms with Crippen LogP contribution < -0.4 is 14.8 Å². The number of fused-ring (bicyclic) bond motifs is 1. The lowest BCUT2D eigenvalue weighted by Crippen LogP contribution is -2.51. The minimum atomic E-state index is -0.562. The molecule has 0 spiro atoms. The zero-order chi connectivity index (χ0) is 14.9. The maximum absolute atomic E-state index is 12.8. The lowest BCUT2D eigenvalue weighted by Gasteiger charge is -2.35. The van der Waals surface area contributed by atoms with Crippen molar-refractivity contribution in [3.05, 3.63) is 23.8 Å². The molecule has 21 heavy (non-hydrogen) atoms. The molecule has 0 radical (unpaired) electrons. The molecule has 114 valence electrons. The summed E-state index contributed by atoms with van der Waals surface area (Å²) in [5.41, 5.74) is 0.406. The van der Waals surface area contributed by atoms with E-state index in [1.165, 1.54) is 0 Å².